The van der Waals surface area contributed by atoms with Crippen LogP contribution in [0.15, 0.2) is 17.1 Å². The molecule has 102 valence electrons. The van der Waals surface area contributed by atoms with E-state index in [1.54, 1.807) is 25.7 Å². The third-order valence-electron chi connectivity index (χ3n) is 2.36. The molecule has 3 amide bonds. The fraction of sp³-hybridized carbons (Fsp3) is 0.273. The number of hydrazone groups is 1. The normalized spacial score (nSPS) is 10.5. The Hall–Kier alpha value is -2.64. The molecule has 0 bridgehead atoms. The van der Waals surface area contributed by atoms with Crippen LogP contribution < -0.4 is 21.7 Å². The van der Waals surface area contributed by atoms with Crippen LogP contribution in [0.2, 0.25) is 0 Å². The van der Waals surface area contributed by atoms with Gasteiger partial charge in [-0.3, -0.25) is 9.59 Å². The Morgan fingerprint density at radius 2 is 2.11 bits per heavy atom. The van der Waals surface area contributed by atoms with Crippen molar-refractivity contribution in [2.24, 2.45) is 12.8 Å². The van der Waals surface area contributed by atoms with Gasteiger partial charge in [0.1, 0.15) is 11.3 Å². The SMILES string of the molecule is CN(C)C(=O)c1c(C=[NH+]NC(N)=O)n(C)ccc1=O. The minimum atomic E-state index is -0.780. The Labute approximate surface area is 109 Å². The van der Waals surface area contributed by atoms with Crippen LogP contribution in [-0.2, 0) is 7.05 Å². The van der Waals surface area contributed by atoms with E-state index in [0.29, 0.717) is 5.69 Å². The number of hydrazine groups is 1. The molecule has 8 heteroatoms. The molecule has 1 rings (SSSR count). The molecule has 1 aromatic rings. The molecule has 1 heterocycles. The van der Waals surface area contributed by atoms with Crippen molar-refractivity contribution >= 4 is 18.2 Å². The summed E-state index contributed by atoms with van der Waals surface area (Å²) in [5, 5.41) is 2.42. The minimum absolute atomic E-state index is 0.00812. The number of primary amides is 1. The smallest absolute Gasteiger partial charge is 0.347 e. The molecule has 0 aliphatic carbocycles. The highest BCUT2D eigenvalue weighted by molar-refractivity contribution is 6.00. The van der Waals surface area contributed by atoms with Gasteiger partial charge in [0.05, 0.1) is 0 Å². The Morgan fingerprint density at radius 3 is 2.63 bits per heavy atom. The number of hydrogen-bond donors (Lipinski definition) is 3. The van der Waals surface area contributed by atoms with Gasteiger partial charge in [-0.05, 0) is 0 Å². The second kappa shape index (κ2) is 5.80. The van der Waals surface area contributed by atoms with Crippen LogP contribution in [0.25, 0.3) is 0 Å². The number of hydrogen-bond acceptors (Lipinski definition) is 3. The van der Waals surface area contributed by atoms with Crippen molar-refractivity contribution < 1.29 is 14.7 Å². The van der Waals surface area contributed by atoms with Gasteiger partial charge in [0.25, 0.3) is 5.91 Å². The molecule has 1 aromatic heterocycles. The Bertz CT molecular complexity index is 588. The monoisotopic (exact) mass is 266 g/mol. The van der Waals surface area contributed by atoms with Crippen LogP contribution in [0.4, 0.5) is 4.79 Å². The zero-order chi connectivity index (χ0) is 14.6. The summed E-state index contributed by atoms with van der Waals surface area (Å²) in [7, 11) is 4.77. The molecule has 0 unspecified atom stereocenters. The first kappa shape index (κ1) is 14.4. The lowest BCUT2D eigenvalue weighted by molar-refractivity contribution is -0.502. The van der Waals surface area contributed by atoms with Gasteiger partial charge in [0.2, 0.25) is 6.21 Å². The molecule has 0 fully saturated rings. The quantitative estimate of drug-likeness (QED) is 0.405. The van der Waals surface area contributed by atoms with Crippen molar-refractivity contribution in [3.63, 3.8) is 0 Å². The highest BCUT2D eigenvalue weighted by Gasteiger charge is 2.19. The van der Waals surface area contributed by atoms with Gasteiger partial charge in [-0.15, -0.1) is 10.5 Å². The van der Waals surface area contributed by atoms with E-state index in [2.05, 4.69) is 10.5 Å². The first-order valence-electron chi connectivity index (χ1n) is 5.40. The summed E-state index contributed by atoms with van der Waals surface area (Å²) in [4.78, 5) is 35.7. The van der Waals surface area contributed by atoms with Gasteiger partial charge in [0, 0.05) is 33.4 Å². The van der Waals surface area contributed by atoms with Crippen LogP contribution in [0.3, 0.4) is 0 Å². The molecule has 4 N–H and O–H groups in total. The van der Waals surface area contributed by atoms with E-state index in [0.717, 1.165) is 0 Å². The third kappa shape index (κ3) is 3.41. The molecule has 0 atom stereocenters. The number of urea groups is 1. The number of amides is 3. The predicted octanol–water partition coefficient (Wildman–Crippen LogP) is -2.83. The Balaban J connectivity index is 3.32. The predicted molar refractivity (Wildman–Crippen MR) is 68.5 cm³/mol. The van der Waals surface area contributed by atoms with Gasteiger partial charge in [-0.1, -0.05) is 0 Å². The third-order valence-corrected chi connectivity index (χ3v) is 2.36. The number of carbonyl (C=O) groups excluding carboxylic acids is 2. The van der Waals surface area contributed by atoms with Crippen molar-refractivity contribution in [2.45, 2.75) is 0 Å². The summed E-state index contributed by atoms with van der Waals surface area (Å²) >= 11 is 0. The molecule has 0 spiro atoms. The first-order valence-corrected chi connectivity index (χ1v) is 5.40. The second-order valence-electron chi connectivity index (χ2n) is 4.03. The average Bonchev–Trinajstić information content (AvgIpc) is 2.32. The highest BCUT2D eigenvalue weighted by atomic mass is 16.2. The van der Waals surface area contributed by atoms with E-state index >= 15 is 0 Å². The Kier molecular flexibility index (Phi) is 4.41. The standard InChI is InChI=1S/C11H15N5O3/c1-15(2)10(18)9-7(6-13-14-11(12)19)16(3)5-4-8(9)17/h4-6H,1-3H3,(H3,12,14,19)/p+1. The van der Waals surface area contributed by atoms with E-state index < -0.39 is 17.4 Å². The molecule has 0 radical (unpaired) electrons. The molecule has 0 aliphatic heterocycles. The Morgan fingerprint density at radius 1 is 1.47 bits per heavy atom. The van der Waals surface area contributed by atoms with Crippen LogP contribution in [-0.4, -0.2) is 41.7 Å². The van der Waals surface area contributed by atoms with Crippen molar-refractivity contribution in [3.05, 3.63) is 33.7 Å². The molecule has 0 aliphatic rings. The second-order valence-corrected chi connectivity index (χ2v) is 4.03. The van der Waals surface area contributed by atoms with E-state index in [9.17, 15) is 14.4 Å². The van der Waals surface area contributed by atoms with Crippen LogP contribution in [0, 0.1) is 0 Å². The topological polar surface area (TPSA) is 111 Å². The fourth-order valence-electron chi connectivity index (χ4n) is 1.43. The van der Waals surface area contributed by atoms with Gasteiger partial charge < -0.3 is 15.2 Å². The van der Waals surface area contributed by atoms with Gasteiger partial charge in [-0.25, -0.2) is 4.79 Å². The summed E-state index contributed by atoms with van der Waals surface area (Å²) in [6.45, 7) is 0. The summed E-state index contributed by atoms with van der Waals surface area (Å²) in [6.07, 6.45) is 2.84. The maximum absolute atomic E-state index is 12.0. The highest BCUT2D eigenvalue weighted by Crippen LogP contribution is 2.02. The number of aryl methyl sites for hydroxylation is 1. The number of carbonyl (C=O) groups is 2. The zero-order valence-electron chi connectivity index (χ0n) is 10.9. The van der Waals surface area contributed by atoms with Gasteiger partial charge in [0.15, 0.2) is 5.43 Å². The minimum Gasteiger partial charge on any atom is -0.347 e. The molecule has 8 nitrogen and oxygen atoms in total. The fourth-order valence-corrected chi connectivity index (χ4v) is 1.43. The van der Waals surface area contributed by atoms with E-state index in [1.165, 1.54) is 23.4 Å². The lowest BCUT2D eigenvalue weighted by Crippen LogP contribution is -2.82. The van der Waals surface area contributed by atoms with Crippen molar-refractivity contribution in [1.29, 1.82) is 0 Å². The number of nitrogens with zero attached hydrogens (tertiary/aromatic N) is 2. The summed E-state index contributed by atoms with van der Waals surface area (Å²) in [5.74, 6) is -0.423. The molecule has 0 saturated carbocycles. The summed E-state index contributed by atoms with van der Waals surface area (Å²) < 4.78 is 1.58. The van der Waals surface area contributed by atoms with E-state index in [1.807, 2.05) is 0 Å². The maximum Gasteiger partial charge on any atom is 0.365 e. The zero-order valence-corrected chi connectivity index (χ0v) is 10.9. The largest absolute Gasteiger partial charge is 0.365 e. The van der Waals surface area contributed by atoms with Crippen LogP contribution in [0.5, 0.6) is 0 Å². The maximum atomic E-state index is 12.0. The summed E-state index contributed by atoms with van der Waals surface area (Å²) in [5.41, 5.74) is 6.97. The summed E-state index contributed by atoms with van der Waals surface area (Å²) in [6, 6.07) is 0.521. The first-order chi connectivity index (χ1) is 8.84. The van der Waals surface area contributed by atoms with Crippen LogP contribution in [0.1, 0.15) is 16.1 Å². The van der Waals surface area contributed by atoms with Crippen molar-refractivity contribution in [3.8, 4) is 0 Å². The van der Waals surface area contributed by atoms with Crippen molar-refractivity contribution in [1.82, 2.24) is 14.9 Å². The molecule has 19 heavy (non-hydrogen) atoms. The lowest BCUT2D eigenvalue weighted by Gasteiger charge is -2.12. The number of nitrogens with one attached hydrogen (secondary N) is 2. The van der Waals surface area contributed by atoms with Gasteiger partial charge >= 0.3 is 6.03 Å². The van der Waals surface area contributed by atoms with E-state index in [-0.39, 0.29) is 5.56 Å². The molecular formula is C11H16N5O3+. The molecule has 0 aromatic carbocycles. The molecular weight excluding hydrogens is 250 g/mol. The lowest BCUT2D eigenvalue weighted by atomic mass is 10.1. The molecule has 0 saturated heterocycles. The van der Waals surface area contributed by atoms with E-state index in [4.69, 9.17) is 5.73 Å². The van der Waals surface area contributed by atoms with Crippen LogP contribution >= 0.6 is 0 Å². The number of aromatic nitrogens is 1. The average molecular weight is 266 g/mol. The van der Waals surface area contributed by atoms with Crippen molar-refractivity contribution in [2.75, 3.05) is 14.1 Å². The number of rotatable bonds is 3. The number of pyridine rings is 1. The number of nitrogens with two attached hydrogens (primary N) is 1. The van der Waals surface area contributed by atoms with Gasteiger partial charge in [-0.2, -0.15) is 0 Å².